The molecule has 0 saturated heterocycles. The summed E-state index contributed by atoms with van der Waals surface area (Å²) in [7, 11) is -3.77. The lowest BCUT2D eigenvalue weighted by Crippen LogP contribution is -2.41. The van der Waals surface area contributed by atoms with Crippen LogP contribution in [0.2, 0.25) is 0 Å². The van der Waals surface area contributed by atoms with Crippen LogP contribution in [0, 0.1) is 0 Å². The van der Waals surface area contributed by atoms with Crippen LogP contribution >= 0.6 is 0 Å². The topological polar surface area (TPSA) is 105 Å². The molecule has 1 heterocycles. The van der Waals surface area contributed by atoms with E-state index in [0.717, 1.165) is 0 Å². The minimum atomic E-state index is -3.77. The number of carbonyl (C=O) groups excluding carboxylic acids is 2. The molecule has 0 fully saturated rings. The van der Waals surface area contributed by atoms with Crippen molar-refractivity contribution in [2.45, 2.75) is 11.4 Å². The van der Waals surface area contributed by atoms with Crippen LogP contribution in [0.4, 0.5) is 4.79 Å². The fourth-order valence-electron chi connectivity index (χ4n) is 1.67. The number of furan rings is 1. The van der Waals surface area contributed by atoms with Gasteiger partial charge in [-0.05, 0) is 24.3 Å². The van der Waals surface area contributed by atoms with Crippen LogP contribution in [0.1, 0.15) is 5.76 Å². The number of nitrogens with one attached hydrogen (secondary N) is 2. The van der Waals surface area contributed by atoms with E-state index in [0.29, 0.717) is 5.76 Å². The molecule has 0 spiro atoms. The van der Waals surface area contributed by atoms with Crippen LogP contribution in [-0.2, 0) is 21.2 Å². The molecule has 3 amide bonds. The Bertz CT molecular complexity index is 739. The zero-order valence-corrected chi connectivity index (χ0v) is 12.3. The van der Waals surface area contributed by atoms with Crippen molar-refractivity contribution in [3.63, 3.8) is 0 Å². The van der Waals surface area contributed by atoms with E-state index in [2.05, 4.69) is 5.32 Å². The zero-order chi connectivity index (χ0) is 16.0. The summed E-state index contributed by atoms with van der Waals surface area (Å²) in [6.07, 6.45) is 1.45. The Morgan fingerprint density at radius 3 is 2.41 bits per heavy atom. The molecule has 0 radical (unpaired) electrons. The fourth-order valence-corrected chi connectivity index (χ4v) is 2.83. The van der Waals surface area contributed by atoms with E-state index in [1.54, 1.807) is 30.3 Å². The first-order valence-electron chi connectivity index (χ1n) is 6.35. The summed E-state index contributed by atoms with van der Waals surface area (Å²) in [5, 5.41) is 4.34. The first-order valence-corrected chi connectivity index (χ1v) is 8.00. The minimum absolute atomic E-state index is 0.0288. The van der Waals surface area contributed by atoms with Crippen LogP contribution in [0.15, 0.2) is 58.0 Å². The van der Waals surface area contributed by atoms with Crippen LogP contribution in [-0.4, -0.2) is 26.1 Å². The molecule has 116 valence electrons. The number of imide groups is 1. The molecular formula is C14H14N2O5S. The Morgan fingerprint density at radius 2 is 1.77 bits per heavy atom. The second-order valence-corrected chi connectivity index (χ2v) is 6.37. The Hall–Kier alpha value is -2.61. The third-order valence-corrected chi connectivity index (χ3v) is 4.31. The predicted octanol–water partition coefficient (Wildman–Crippen LogP) is 1.08. The largest absolute Gasteiger partial charge is 0.467 e. The molecule has 1 aromatic heterocycles. The van der Waals surface area contributed by atoms with Gasteiger partial charge in [-0.2, -0.15) is 0 Å². The number of benzene rings is 1. The van der Waals surface area contributed by atoms with Crippen LogP contribution in [0.25, 0.3) is 0 Å². The van der Waals surface area contributed by atoms with Crippen molar-refractivity contribution in [2.24, 2.45) is 0 Å². The molecule has 22 heavy (non-hydrogen) atoms. The SMILES string of the molecule is O=C(CS(=O)(=O)c1ccccc1)NC(=O)NCc1ccco1. The molecule has 0 saturated carbocycles. The molecule has 2 rings (SSSR count). The third-order valence-electron chi connectivity index (χ3n) is 2.68. The quantitative estimate of drug-likeness (QED) is 0.857. The molecule has 0 aliphatic carbocycles. The van der Waals surface area contributed by atoms with Gasteiger partial charge in [0.1, 0.15) is 11.5 Å². The first-order chi connectivity index (χ1) is 10.5. The van der Waals surface area contributed by atoms with E-state index in [-0.39, 0.29) is 11.4 Å². The Morgan fingerprint density at radius 1 is 1.05 bits per heavy atom. The maximum absolute atomic E-state index is 12.0. The number of hydrogen-bond donors (Lipinski definition) is 2. The molecule has 0 aliphatic rings. The maximum Gasteiger partial charge on any atom is 0.321 e. The summed E-state index contributed by atoms with van der Waals surface area (Å²) in [6, 6.07) is 10.1. The second-order valence-electron chi connectivity index (χ2n) is 4.38. The van der Waals surface area contributed by atoms with Crippen molar-refractivity contribution < 1.29 is 22.4 Å². The molecule has 2 aromatic rings. The van der Waals surface area contributed by atoms with Gasteiger partial charge >= 0.3 is 6.03 Å². The lowest BCUT2D eigenvalue weighted by molar-refractivity contribution is -0.117. The van der Waals surface area contributed by atoms with Crippen molar-refractivity contribution >= 4 is 21.8 Å². The highest BCUT2D eigenvalue weighted by Gasteiger charge is 2.20. The highest BCUT2D eigenvalue weighted by Crippen LogP contribution is 2.09. The van der Waals surface area contributed by atoms with Gasteiger partial charge in [-0.15, -0.1) is 0 Å². The second kappa shape index (κ2) is 6.90. The lowest BCUT2D eigenvalue weighted by atomic mass is 10.4. The maximum atomic E-state index is 12.0. The summed E-state index contributed by atoms with van der Waals surface area (Å²) in [6.45, 7) is 0.0948. The molecule has 2 N–H and O–H groups in total. The van der Waals surface area contributed by atoms with Crippen LogP contribution in [0.3, 0.4) is 0 Å². The highest BCUT2D eigenvalue weighted by atomic mass is 32.2. The first kappa shape index (κ1) is 15.8. The van der Waals surface area contributed by atoms with Gasteiger partial charge in [0, 0.05) is 0 Å². The zero-order valence-electron chi connectivity index (χ0n) is 11.5. The molecule has 7 nitrogen and oxygen atoms in total. The minimum Gasteiger partial charge on any atom is -0.467 e. The van der Waals surface area contributed by atoms with Gasteiger partial charge in [0.05, 0.1) is 17.7 Å². The number of urea groups is 1. The number of carbonyl (C=O) groups is 2. The van der Waals surface area contributed by atoms with Crippen molar-refractivity contribution in [3.05, 3.63) is 54.5 Å². The summed E-state index contributed by atoms with van der Waals surface area (Å²) < 4.78 is 28.9. The van der Waals surface area contributed by atoms with Crippen molar-refractivity contribution in [3.8, 4) is 0 Å². The number of rotatable bonds is 5. The smallest absolute Gasteiger partial charge is 0.321 e. The van der Waals surface area contributed by atoms with Gasteiger partial charge in [-0.3, -0.25) is 10.1 Å². The Labute approximate surface area is 127 Å². The van der Waals surface area contributed by atoms with Gasteiger partial charge in [-0.1, -0.05) is 18.2 Å². The van der Waals surface area contributed by atoms with E-state index in [4.69, 9.17) is 4.42 Å². The van der Waals surface area contributed by atoms with Crippen molar-refractivity contribution in [1.82, 2.24) is 10.6 Å². The van der Waals surface area contributed by atoms with Gasteiger partial charge < -0.3 is 9.73 Å². The summed E-state index contributed by atoms with van der Waals surface area (Å²) in [5.41, 5.74) is 0. The average Bonchev–Trinajstić information content (AvgIpc) is 2.98. The number of hydrogen-bond acceptors (Lipinski definition) is 5. The molecule has 0 aliphatic heterocycles. The number of amides is 3. The van der Waals surface area contributed by atoms with Gasteiger partial charge in [-0.25, -0.2) is 13.2 Å². The van der Waals surface area contributed by atoms with E-state index in [9.17, 15) is 18.0 Å². The van der Waals surface area contributed by atoms with E-state index in [1.165, 1.54) is 18.4 Å². The highest BCUT2D eigenvalue weighted by molar-refractivity contribution is 7.92. The van der Waals surface area contributed by atoms with Gasteiger partial charge in [0.15, 0.2) is 9.84 Å². The molecule has 8 heteroatoms. The third kappa shape index (κ3) is 4.45. The molecule has 0 atom stereocenters. The molecule has 0 unspecified atom stereocenters. The molecular weight excluding hydrogens is 308 g/mol. The standard InChI is InChI=1S/C14H14N2O5S/c17-13(10-22(19,20)12-6-2-1-3-7-12)16-14(18)15-9-11-5-4-8-21-11/h1-8H,9-10H2,(H2,15,16,17,18). The summed E-state index contributed by atoms with van der Waals surface area (Å²) >= 11 is 0. The predicted molar refractivity (Wildman–Crippen MR) is 77.6 cm³/mol. The van der Waals surface area contributed by atoms with E-state index >= 15 is 0 Å². The van der Waals surface area contributed by atoms with Crippen LogP contribution in [0.5, 0.6) is 0 Å². The molecule has 0 bridgehead atoms. The average molecular weight is 322 g/mol. The van der Waals surface area contributed by atoms with Crippen LogP contribution < -0.4 is 10.6 Å². The summed E-state index contributed by atoms with van der Waals surface area (Å²) in [5.74, 6) is -1.19. The number of sulfone groups is 1. The fraction of sp³-hybridized carbons (Fsp3) is 0.143. The molecule has 1 aromatic carbocycles. The monoisotopic (exact) mass is 322 g/mol. The van der Waals surface area contributed by atoms with E-state index < -0.39 is 27.5 Å². The van der Waals surface area contributed by atoms with E-state index in [1.807, 2.05) is 5.32 Å². The van der Waals surface area contributed by atoms with Gasteiger partial charge in [0.25, 0.3) is 0 Å². The van der Waals surface area contributed by atoms with Crippen molar-refractivity contribution in [2.75, 3.05) is 5.75 Å². The van der Waals surface area contributed by atoms with Gasteiger partial charge in [0.2, 0.25) is 5.91 Å². The Kier molecular flexibility index (Phi) is 4.95. The normalized spacial score (nSPS) is 10.9. The summed E-state index contributed by atoms with van der Waals surface area (Å²) in [4.78, 5) is 23.1. The lowest BCUT2D eigenvalue weighted by Gasteiger charge is -2.06. The Balaban J connectivity index is 1.86. The van der Waals surface area contributed by atoms with Crippen molar-refractivity contribution in [1.29, 1.82) is 0 Å².